The van der Waals surface area contributed by atoms with Crippen molar-refractivity contribution < 1.29 is 44.2 Å². The summed E-state index contributed by atoms with van der Waals surface area (Å²) >= 11 is 0. The van der Waals surface area contributed by atoms with Crippen LogP contribution < -0.4 is 0 Å². The molecule has 0 bridgehead atoms. The molecular weight excluding hydrogens is 612 g/mol. The molecule has 0 amide bonds. The predicted octanol–water partition coefficient (Wildman–Crippen LogP) is 7.47. The summed E-state index contributed by atoms with van der Waals surface area (Å²) in [7, 11) is 0. The Morgan fingerprint density at radius 1 is 0.646 bits per heavy atom. The lowest BCUT2D eigenvalue weighted by Crippen LogP contribution is -2.59. The van der Waals surface area contributed by atoms with Crippen LogP contribution in [0.25, 0.3) is 0 Å². The predicted molar refractivity (Wildman–Crippen MR) is 192 cm³/mol. The molecule has 1 rings (SSSR count). The summed E-state index contributed by atoms with van der Waals surface area (Å²) in [6, 6.07) is 0. The molecule has 0 saturated carbocycles. The standard InChI is InChI=1S/C39H72O9/c1-3-5-7-9-11-13-15-16-17-19-21-23-25-27-29-45-31-33(32-46-39-38(44)37(43)36(42)34(30-40)48-39)47-35(41)28-26-24-22-20-18-14-12-10-8-6-4-2/h10,12-13,15,33-34,36-40,42-44H,3-9,11,14,16-32H2,1-2H3/b12-10-,15-13-. The number of hydrogen-bond acceptors (Lipinski definition) is 9. The molecule has 6 unspecified atom stereocenters. The number of unbranched alkanes of at least 4 members (excludes halogenated alkanes) is 17. The highest BCUT2D eigenvalue weighted by Gasteiger charge is 2.44. The Morgan fingerprint density at radius 3 is 1.75 bits per heavy atom. The molecule has 9 nitrogen and oxygen atoms in total. The fraction of sp³-hybridized carbons (Fsp3) is 0.872. The van der Waals surface area contributed by atoms with Crippen LogP contribution in [0, 0.1) is 0 Å². The van der Waals surface area contributed by atoms with Gasteiger partial charge in [-0.2, -0.15) is 0 Å². The number of carbonyl (C=O) groups is 1. The topological polar surface area (TPSA) is 135 Å². The zero-order valence-corrected chi connectivity index (χ0v) is 30.5. The molecule has 48 heavy (non-hydrogen) atoms. The van der Waals surface area contributed by atoms with E-state index in [1.54, 1.807) is 0 Å². The number of hydrogen-bond donors (Lipinski definition) is 4. The molecule has 1 heterocycles. The van der Waals surface area contributed by atoms with Gasteiger partial charge in [0.1, 0.15) is 30.5 Å². The summed E-state index contributed by atoms with van der Waals surface area (Å²) in [4.78, 5) is 12.7. The molecule has 1 saturated heterocycles. The SMILES string of the molecule is CCCC/C=C\CCCCCCCC(=O)OC(COCCCCCCCC/C=C\CCCCCC)COC1OC(CO)C(O)C(O)C1O. The van der Waals surface area contributed by atoms with Crippen LogP contribution in [0.3, 0.4) is 0 Å². The Hall–Kier alpha value is -1.33. The van der Waals surface area contributed by atoms with Crippen molar-refractivity contribution in [1.29, 1.82) is 0 Å². The second kappa shape index (κ2) is 31.6. The molecule has 282 valence electrons. The fourth-order valence-corrected chi connectivity index (χ4v) is 5.70. The molecule has 1 fully saturated rings. The Balaban J connectivity index is 2.33. The highest BCUT2D eigenvalue weighted by atomic mass is 16.7. The van der Waals surface area contributed by atoms with E-state index in [-0.39, 0.29) is 19.2 Å². The highest BCUT2D eigenvalue weighted by Crippen LogP contribution is 2.22. The van der Waals surface area contributed by atoms with Gasteiger partial charge in [0.2, 0.25) is 0 Å². The zero-order chi connectivity index (χ0) is 35.1. The molecule has 6 atom stereocenters. The van der Waals surface area contributed by atoms with Crippen molar-refractivity contribution in [1.82, 2.24) is 0 Å². The minimum absolute atomic E-state index is 0.118. The third kappa shape index (κ3) is 23.1. The first kappa shape index (κ1) is 44.7. The van der Waals surface area contributed by atoms with E-state index in [0.717, 1.165) is 51.4 Å². The van der Waals surface area contributed by atoms with Gasteiger partial charge >= 0.3 is 5.97 Å². The number of allylic oxidation sites excluding steroid dienone is 4. The van der Waals surface area contributed by atoms with Crippen LogP contribution >= 0.6 is 0 Å². The first-order valence-corrected chi connectivity index (χ1v) is 19.4. The molecule has 0 aliphatic carbocycles. The van der Waals surface area contributed by atoms with Crippen molar-refractivity contribution >= 4 is 5.97 Å². The maximum atomic E-state index is 12.7. The number of ether oxygens (including phenoxy) is 4. The zero-order valence-electron chi connectivity index (χ0n) is 30.5. The first-order valence-electron chi connectivity index (χ1n) is 19.4. The summed E-state index contributed by atoms with van der Waals surface area (Å²) in [6.07, 6.45) is 26.3. The Labute approximate surface area is 292 Å². The van der Waals surface area contributed by atoms with Crippen LogP contribution in [0.5, 0.6) is 0 Å². The molecule has 1 aliphatic rings. The monoisotopic (exact) mass is 685 g/mol. The lowest BCUT2D eigenvalue weighted by Gasteiger charge is -2.39. The molecule has 0 spiro atoms. The number of carbonyl (C=O) groups excluding carboxylic acids is 1. The van der Waals surface area contributed by atoms with Gasteiger partial charge in [0, 0.05) is 13.0 Å². The van der Waals surface area contributed by atoms with E-state index < -0.39 is 43.4 Å². The van der Waals surface area contributed by atoms with E-state index in [2.05, 4.69) is 38.2 Å². The fourth-order valence-electron chi connectivity index (χ4n) is 5.70. The van der Waals surface area contributed by atoms with E-state index in [4.69, 9.17) is 18.9 Å². The smallest absolute Gasteiger partial charge is 0.306 e. The molecular formula is C39H72O9. The van der Waals surface area contributed by atoms with Crippen molar-refractivity contribution in [3.05, 3.63) is 24.3 Å². The van der Waals surface area contributed by atoms with Crippen molar-refractivity contribution in [2.45, 2.75) is 192 Å². The lowest BCUT2D eigenvalue weighted by molar-refractivity contribution is -0.305. The summed E-state index contributed by atoms with van der Waals surface area (Å²) < 4.78 is 22.7. The molecule has 0 radical (unpaired) electrons. The van der Waals surface area contributed by atoms with E-state index in [9.17, 15) is 25.2 Å². The summed E-state index contributed by atoms with van der Waals surface area (Å²) in [5.41, 5.74) is 0. The van der Waals surface area contributed by atoms with Gasteiger partial charge in [-0.1, -0.05) is 115 Å². The van der Waals surface area contributed by atoms with Crippen molar-refractivity contribution in [2.24, 2.45) is 0 Å². The maximum Gasteiger partial charge on any atom is 0.306 e. The average molecular weight is 685 g/mol. The number of aliphatic hydroxyl groups is 4. The van der Waals surface area contributed by atoms with E-state index in [1.165, 1.54) is 83.5 Å². The second-order valence-corrected chi connectivity index (χ2v) is 13.4. The van der Waals surface area contributed by atoms with Crippen LogP contribution in [0.15, 0.2) is 24.3 Å². The van der Waals surface area contributed by atoms with Gasteiger partial charge in [-0.05, 0) is 57.8 Å². The number of aliphatic hydroxyl groups excluding tert-OH is 4. The number of esters is 1. The third-order valence-corrected chi connectivity index (χ3v) is 8.84. The minimum atomic E-state index is -1.54. The van der Waals surface area contributed by atoms with Crippen LogP contribution in [0.1, 0.15) is 155 Å². The van der Waals surface area contributed by atoms with Gasteiger partial charge in [0.25, 0.3) is 0 Å². The third-order valence-electron chi connectivity index (χ3n) is 8.84. The molecule has 9 heteroatoms. The van der Waals surface area contributed by atoms with Crippen molar-refractivity contribution in [2.75, 3.05) is 26.4 Å². The molecule has 0 aromatic rings. The summed E-state index contributed by atoms with van der Waals surface area (Å²) in [5, 5.41) is 39.9. The van der Waals surface area contributed by atoms with Gasteiger partial charge in [-0.15, -0.1) is 0 Å². The maximum absolute atomic E-state index is 12.7. The normalized spacial score (nSPS) is 22.2. The molecule has 4 N–H and O–H groups in total. The van der Waals surface area contributed by atoms with Crippen LogP contribution in [-0.4, -0.2) is 89.6 Å². The van der Waals surface area contributed by atoms with Crippen LogP contribution in [0.4, 0.5) is 0 Å². The first-order chi connectivity index (χ1) is 23.4. The van der Waals surface area contributed by atoms with Crippen molar-refractivity contribution in [3.8, 4) is 0 Å². The van der Waals surface area contributed by atoms with E-state index in [0.29, 0.717) is 13.0 Å². The molecule has 0 aromatic carbocycles. The average Bonchev–Trinajstić information content (AvgIpc) is 3.08. The van der Waals surface area contributed by atoms with Crippen molar-refractivity contribution in [3.63, 3.8) is 0 Å². The Morgan fingerprint density at radius 2 is 1.17 bits per heavy atom. The summed E-state index contributed by atoms with van der Waals surface area (Å²) in [5.74, 6) is -0.328. The van der Waals surface area contributed by atoms with E-state index >= 15 is 0 Å². The van der Waals surface area contributed by atoms with Crippen LogP contribution in [0.2, 0.25) is 0 Å². The number of rotatable bonds is 32. The van der Waals surface area contributed by atoms with Gasteiger partial charge in [-0.3, -0.25) is 4.79 Å². The van der Waals surface area contributed by atoms with E-state index in [1.807, 2.05) is 0 Å². The highest BCUT2D eigenvalue weighted by molar-refractivity contribution is 5.69. The quantitative estimate of drug-likeness (QED) is 0.0323. The second-order valence-electron chi connectivity index (χ2n) is 13.4. The molecule has 1 aliphatic heterocycles. The molecule has 0 aromatic heterocycles. The lowest BCUT2D eigenvalue weighted by atomic mass is 9.99. The largest absolute Gasteiger partial charge is 0.457 e. The van der Waals surface area contributed by atoms with Gasteiger partial charge in [0.15, 0.2) is 6.29 Å². The van der Waals surface area contributed by atoms with Gasteiger partial charge in [0.05, 0.1) is 19.8 Å². The van der Waals surface area contributed by atoms with Crippen LogP contribution in [-0.2, 0) is 23.7 Å². The van der Waals surface area contributed by atoms with Gasteiger partial charge in [-0.25, -0.2) is 0 Å². The Kier molecular flexibility index (Phi) is 29.5. The van der Waals surface area contributed by atoms with Gasteiger partial charge < -0.3 is 39.4 Å². The Bertz CT molecular complexity index is 787. The minimum Gasteiger partial charge on any atom is -0.457 e. The summed E-state index contributed by atoms with van der Waals surface area (Å²) in [6.45, 7) is 4.47.